The van der Waals surface area contributed by atoms with Crippen LogP contribution in [0.1, 0.15) is 0 Å². The summed E-state index contributed by atoms with van der Waals surface area (Å²) in [6.07, 6.45) is 3.32. The average Bonchev–Trinajstić information content (AvgIpc) is 2.75. The number of hydrogen-bond acceptors (Lipinski definition) is 5. The molecule has 0 fully saturated rings. The van der Waals surface area contributed by atoms with E-state index >= 15 is 0 Å². The Balaban J connectivity index is 2.15. The second-order valence-electron chi connectivity index (χ2n) is 3.04. The summed E-state index contributed by atoms with van der Waals surface area (Å²) in [5.41, 5.74) is 0.786. The number of halogens is 1. The molecule has 0 saturated carbocycles. The van der Waals surface area contributed by atoms with Crippen LogP contribution in [0.25, 0.3) is 11.4 Å². The predicted molar refractivity (Wildman–Crippen MR) is 65.7 cm³/mol. The fraction of sp³-hybridized carbons (Fsp3) is 0.111. The molecular formula is C9H7BrN4O2S. The van der Waals surface area contributed by atoms with Gasteiger partial charge in [0.1, 0.15) is 0 Å². The molecule has 0 amide bonds. The van der Waals surface area contributed by atoms with E-state index in [1.165, 1.54) is 0 Å². The minimum atomic E-state index is -0.898. The highest BCUT2D eigenvalue weighted by Gasteiger charge is 2.08. The number of carboxylic acid groups (broad SMARTS) is 1. The fourth-order valence-electron chi connectivity index (χ4n) is 1.11. The maximum Gasteiger partial charge on any atom is 0.313 e. The van der Waals surface area contributed by atoms with Gasteiger partial charge in [-0.15, -0.1) is 5.10 Å². The first kappa shape index (κ1) is 12.1. The number of aromatic nitrogens is 4. The molecule has 0 aliphatic heterocycles. The summed E-state index contributed by atoms with van der Waals surface area (Å²) in [7, 11) is 0. The number of aromatic amines is 1. The third-order valence-electron chi connectivity index (χ3n) is 1.77. The van der Waals surface area contributed by atoms with Crippen molar-refractivity contribution in [1.29, 1.82) is 0 Å². The first-order valence-corrected chi connectivity index (χ1v) is 6.31. The van der Waals surface area contributed by atoms with Gasteiger partial charge in [-0.2, -0.15) is 0 Å². The van der Waals surface area contributed by atoms with Gasteiger partial charge in [-0.25, -0.2) is 4.98 Å². The zero-order valence-corrected chi connectivity index (χ0v) is 10.8. The molecule has 2 aromatic heterocycles. The summed E-state index contributed by atoms with van der Waals surface area (Å²) in [6.45, 7) is 0. The van der Waals surface area contributed by atoms with E-state index in [1.54, 1.807) is 12.4 Å². The SMILES string of the molecule is O=C(O)CSc1n[nH]c(-c2cncc(Br)c2)n1. The molecule has 0 saturated heterocycles. The van der Waals surface area contributed by atoms with Gasteiger partial charge in [-0.05, 0) is 22.0 Å². The van der Waals surface area contributed by atoms with Gasteiger partial charge in [0, 0.05) is 22.4 Å². The van der Waals surface area contributed by atoms with Crippen LogP contribution in [-0.2, 0) is 4.79 Å². The van der Waals surface area contributed by atoms with Crippen LogP contribution in [-0.4, -0.2) is 37.0 Å². The third kappa shape index (κ3) is 3.27. The Morgan fingerprint density at radius 3 is 3.06 bits per heavy atom. The minimum absolute atomic E-state index is 0.0615. The fourth-order valence-corrected chi connectivity index (χ4v) is 1.99. The van der Waals surface area contributed by atoms with Crippen LogP contribution in [0.5, 0.6) is 0 Å². The number of nitrogens with zero attached hydrogens (tertiary/aromatic N) is 3. The maximum absolute atomic E-state index is 10.4. The van der Waals surface area contributed by atoms with Gasteiger partial charge in [0.2, 0.25) is 5.16 Å². The van der Waals surface area contributed by atoms with Crippen molar-refractivity contribution in [2.45, 2.75) is 5.16 Å². The highest BCUT2D eigenvalue weighted by molar-refractivity contribution is 9.10. The van der Waals surface area contributed by atoms with Crippen molar-refractivity contribution in [1.82, 2.24) is 20.2 Å². The van der Waals surface area contributed by atoms with E-state index in [0.29, 0.717) is 11.0 Å². The van der Waals surface area contributed by atoms with Crippen LogP contribution in [0.3, 0.4) is 0 Å². The molecule has 0 aliphatic rings. The van der Waals surface area contributed by atoms with E-state index in [1.807, 2.05) is 6.07 Å². The quantitative estimate of drug-likeness (QED) is 0.836. The first-order chi connectivity index (χ1) is 8.15. The van der Waals surface area contributed by atoms with Crippen molar-refractivity contribution < 1.29 is 9.90 Å². The van der Waals surface area contributed by atoms with Gasteiger partial charge in [0.05, 0.1) is 5.75 Å². The lowest BCUT2D eigenvalue weighted by Gasteiger charge is -1.94. The average molecular weight is 315 g/mol. The molecule has 0 unspecified atom stereocenters. The van der Waals surface area contributed by atoms with E-state index in [2.05, 4.69) is 36.1 Å². The standard InChI is InChI=1S/C9H7BrN4O2S/c10-6-1-5(2-11-3-6)8-12-9(14-13-8)17-4-7(15)16/h1-3H,4H2,(H,15,16)(H,12,13,14). The molecule has 2 N–H and O–H groups in total. The van der Waals surface area contributed by atoms with Crippen LogP contribution in [0.15, 0.2) is 28.1 Å². The molecule has 0 aromatic carbocycles. The maximum atomic E-state index is 10.4. The van der Waals surface area contributed by atoms with Gasteiger partial charge in [-0.3, -0.25) is 14.9 Å². The Morgan fingerprint density at radius 2 is 2.35 bits per heavy atom. The third-order valence-corrected chi connectivity index (χ3v) is 3.03. The topological polar surface area (TPSA) is 91.8 Å². The molecular weight excluding hydrogens is 308 g/mol. The second kappa shape index (κ2) is 5.28. The Labute approximate surface area is 109 Å². The van der Waals surface area contributed by atoms with Gasteiger partial charge in [0.15, 0.2) is 5.82 Å². The van der Waals surface area contributed by atoms with Crippen molar-refractivity contribution in [2.24, 2.45) is 0 Å². The van der Waals surface area contributed by atoms with E-state index in [-0.39, 0.29) is 5.75 Å². The van der Waals surface area contributed by atoms with Crippen molar-refractivity contribution in [2.75, 3.05) is 5.75 Å². The molecule has 0 bridgehead atoms. The summed E-state index contributed by atoms with van der Waals surface area (Å²) < 4.78 is 0.839. The molecule has 88 valence electrons. The molecule has 0 spiro atoms. The van der Waals surface area contributed by atoms with E-state index in [0.717, 1.165) is 21.8 Å². The number of carboxylic acids is 1. The highest BCUT2D eigenvalue weighted by Crippen LogP contribution is 2.20. The van der Waals surface area contributed by atoms with E-state index < -0.39 is 5.97 Å². The largest absolute Gasteiger partial charge is 0.481 e. The lowest BCUT2D eigenvalue weighted by atomic mass is 10.3. The number of rotatable bonds is 4. The van der Waals surface area contributed by atoms with Crippen LogP contribution in [0.2, 0.25) is 0 Å². The lowest BCUT2D eigenvalue weighted by molar-refractivity contribution is -0.133. The summed E-state index contributed by atoms with van der Waals surface area (Å²) >= 11 is 4.37. The van der Waals surface area contributed by atoms with Gasteiger partial charge < -0.3 is 5.11 Å². The van der Waals surface area contributed by atoms with Gasteiger partial charge in [-0.1, -0.05) is 11.8 Å². The van der Waals surface area contributed by atoms with Crippen LogP contribution < -0.4 is 0 Å². The monoisotopic (exact) mass is 314 g/mol. The van der Waals surface area contributed by atoms with E-state index in [9.17, 15) is 4.79 Å². The molecule has 2 rings (SSSR count). The number of H-pyrrole nitrogens is 1. The number of hydrogen-bond donors (Lipinski definition) is 2. The predicted octanol–water partition coefficient (Wildman–Crippen LogP) is 1.81. The number of aliphatic carboxylic acids is 1. The molecule has 2 heterocycles. The van der Waals surface area contributed by atoms with Crippen molar-refractivity contribution in [3.8, 4) is 11.4 Å². The Kier molecular flexibility index (Phi) is 3.75. The number of nitrogens with one attached hydrogen (secondary N) is 1. The summed E-state index contributed by atoms with van der Waals surface area (Å²) in [5, 5.41) is 15.6. The molecule has 0 radical (unpaired) electrons. The Morgan fingerprint density at radius 1 is 1.53 bits per heavy atom. The number of pyridine rings is 1. The zero-order chi connectivity index (χ0) is 12.3. The van der Waals surface area contributed by atoms with Crippen molar-refractivity contribution in [3.05, 3.63) is 22.9 Å². The zero-order valence-electron chi connectivity index (χ0n) is 8.42. The highest BCUT2D eigenvalue weighted by atomic mass is 79.9. The first-order valence-electron chi connectivity index (χ1n) is 4.53. The molecule has 0 aliphatic carbocycles. The normalized spacial score (nSPS) is 10.4. The molecule has 8 heteroatoms. The van der Waals surface area contributed by atoms with Gasteiger partial charge >= 0.3 is 5.97 Å². The molecule has 2 aromatic rings. The molecule has 17 heavy (non-hydrogen) atoms. The summed E-state index contributed by atoms with van der Waals surface area (Å²) in [4.78, 5) is 18.6. The molecule has 6 nitrogen and oxygen atoms in total. The van der Waals surface area contributed by atoms with Crippen LogP contribution >= 0.6 is 27.7 Å². The second-order valence-corrected chi connectivity index (χ2v) is 4.90. The van der Waals surface area contributed by atoms with Crippen LogP contribution in [0, 0.1) is 0 Å². The Bertz CT molecular complexity index is 545. The number of carbonyl (C=O) groups is 1. The summed E-state index contributed by atoms with van der Waals surface area (Å²) in [5.74, 6) is -0.397. The van der Waals surface area contributed by atoms with Crippen molar-refractivity contribution in [3.63, 3.8) is 0 Å². The van der Waals surface area contributed by atoms with Crippen molar-refractivity contribution >= 4 is 33.7 Å². The number of thioether (sulfide) groups is 1. The summed E-state index contributed by atoms with van der Waals surface area (Å²) in [6, 6.07) is 1.85. The minimum Gasteiger partial charge on any atom is -0.481 e. The lowest BCUT2D eigenvalue weighted by Crippen LogP contribution is -1.97. The van der Waals surface area contributed by atoms with Gasteiger partial charge in [0.25, 0.3) is 0 Å². The van der Waals surface area contributed by atoms with Crippen LogP contribution in [0.4, 0.5) is 0 Å². The molecule has 0 atom stereocenters. The smallest absolute Gasteiger partial charge is 0.313 e. The Hall–Kier alpha value is -1.41. The van der Waals surface area contributed by atoms with E-state index in [4.69, 9.17) is 5.11 Å².